The smallest absolute Gasteiger partial charge is 0.327 e. The predicted molar refractivity (Wildman–Crippen MR) is 62.1 cm³/mol. The van der Waals surface area contributed by atoms with Crippen molar-refractivity contribution in [3.05, 3.63) is 18.0 Å². The van der Waals surface area contributed by atoms with Gasteiger partial charge < -0.3 is 4.74 Å². The molecule has 1 rings (SSSR count). The molecule has 1 unspecified atom stereocenters. The Bertz CT molecular complexity index is 345. The molecule has 0 saturated carbocycles. The Morgan fingerprint density at radius 1 is 1.50 bits per heavy atom. The highest BCUT2D eigenvalue weighted by Crippen LogP contribution is 2.21. The Morgan fingerprint density at radius 3 is 2.75 bits per heavy atom. The van der Waals surface area contributed by atoms with Gasteiger partial charge in [0.2, 0.25) is 0 Å². The number of ether oxygens (including phenoxy) is 1. The minimum absolute atomic E-state index is 0.193. The highest BCUT2D eigenvalue weighted by molar-refractivity contribution is 5.68. The van der Waals surface area contributed by atoms with Gasteiger partial charge in [-0.1, -0.05) is 20.8 Å². The molecular weight excluding hydrogens is 204 g/mol. The molecule has 1 heterocycles. The predicted octanol–water partition coefficient (Wildman–Crippen LogP) is 2.21. The number of aromatic nitrogens is 2. The molecule has 0 spiro atoms. The summed E-state index contributed by atoms with van der Waals surface area (Å²) in [5.41, 5.74) is 1.03. The molecule has 1 aromatic heterocycles. The molecule has 0 aromatic carbocycles. The summed E-state index contributed by atoms with van der Waals surface area (Å²) in [6.07, 6.45) is 1.82. The standard InChI is InChI=1S/C12H20N2O2/c1-5-16-12(15)8-14-7-6-11(13-14)10(4)9(2)3/h6-7,9-10H,5,8H2,1-4H3. The Balaban J connectivity index is 2.61. The molecule has 0 bridgehead atoms. The third-order valence-corrected chi connectivity index (χ3v) is 2.72. The van der Waals surface area contributed by atoms with Crippen LogP contribution in [0.3, 0.4) is 0 Å². The number of carbonyl (C=O) groups excluding carboxylic acids is 1. The Hall–Kier alpha value is -1.32. The van der Waals surface area contributed by atoms with E-state index in [9.17, 15) is 4.79 Å². The van der Waals surface area contributed by atoms with Gasteiger partial charge in [0.05, 0.1) is 12.3 Å². The third kappa shape index (κ3) is 3.36. The second-order valence-corrected chi connectivity index (χ2v) is 4.28. The number of carbonyl (C=O) groups is 1. The monoisotopic (exact) mass is 224 g/mol. The average molecular weight is 224 g/mol. The van der Waals surface area contributed by atoms with E-state index in [1.807, 2.05) is 12.3 Å². The van der Waals surface area contributed by atoms with Crippen molar-refractivity contribution in [3.63, 3.8) is 0 Å². The molecule has 4 nitrogen and oxygen atoms in total. The fourth-order valence-corrected chi connectivity index (χ4v) is 1.39. The van der Waals surface area contributed by atoms with Gasteiger partial charge in [0.25, 0.3) is 0 Å². The fraction of sp³-hybridized carbons (Fsp3) is 0.667. The highest BCUT2D eigenvalue weighted by Gasteiger charge is 2.13. The summed E-state index contributed by atoms with van der Waals surface area (Å²) < 4.78 is 6.49. The lowest BCUT2D eigenvalue weighted by atomic mass is 9.95. The fourth-order valence-electron chi connectivity index (χ4n) is 1.39. The summed E-state index contributed by atoms with van der Waals surface area (Å²) in [7, 11) is 0. The number of esters is 1. The minimum Gasteiger partial charge on any atom is -0.465 e. The van der Waals surface area contributed by atoms with Crippen molar-refractivity contribution in [2.75, 3.05) is 6.61 Å². The van der Waals surface area contributed by atoms with Crippen LogP contribution < -0.4 is 0 Å². The van der Waals surface area contributed by atoms with Gasteiger partial charge in [-0.2, -0.15) is 5.10 Å². The summed E-state index contributed by atoms with van der Waals surface area (Å²) in [5.74, 6) is 0.712. The largest absolute Gasteiger partial charge is 0.465 e. The zero-order chi connectivity index (χ0) is 12.1. The zero-order valence-corrected chi connectivity index (χ0v) is 10.4. The number of rotatable bonds is 5. The molecule has 0 aliphatic carbocycles. The zero-order valence-electron chi connectivity index (χ0n) is 10.4. The second kappa shape index (κ2) is 5.68. The first-order chi connectivity index (χ1) is 7.54. The summed E-state index contributed by atoms with van der Waals surface area (Å²) in [6, 6.07) is 1.96. The number of nitrogens with zero attached hydrogens (tertiary/aromatic N) is 2. The van der Waals surface area contributed by atoms with E-state index >= 15 is 0 Å². The van der Waals surface area contributed by atoms with Crippen LogP contribution in [0.5, 0.6) is 0 Å². The van der Waals surface area contributed by atoms with Crippen LogP contribution in [0.1, 0.15) is 39.3 Å². The molecular formula is C12H20N2O2. The van der Waals surface area contributed by atoms with Crippen LogP contribution in [0, 0.1) is 5.92 Å². The first-order valence-corrected chi connectivity index (χ1v) is 5.73. The van der Waals surface area contributed by atoms with Crippen LogP contribution in [0.2, 0.25) is 0 Å². The van der Waals surface area contributed by atoms with E-state index in [0.717, 1.165) is 5.69 Å². The normalized spacial score (nSPS) is 12.8. The molecule has 0 amide bonds. The number of hydrogen-bond acceptors (Lipinski definition) is 3. The minimum atomic E-state index is -0.241. The first kappa shape index (κ1) is 12.7. The van der Waals surface area contributed by atoms with E-state index in [1.54, 1.807) is 11.6 Å². The van der Waals surface area contributed by atoms with E-state index < -0.39 is 0 Å². The van der Waals surface area contributed by atoms with Crippen molar-refractivity contribution in [1.29, 1.82) is 0 Å². The summed E-state index contributed by atoms with van der Waals surface area (Å²) >= 11 is 0. The molecule has 1 atom stereocenters. The van der Waals surface area contributed by atoms with Gasteiger partial charge in [0, 0.05) is 12.1 Å². The second-order valence-electron chi connectivity index (χ2n) is 4.28. The van der Waals surface area contributed by atoms with E-state index in [4.69, 9.17) is 4.74 Å². The van der Waals surface area contributed by atoms with Gasteiger partial charge in [0.15, 0.2) is 0 Å². The van der Waals surface area contributed by atoms with Crippen LogP contribution in [0.15, 0.2) is 12.3 Å². The lowest BCUT2D eigenvalue weighted by molar-refractivity contribution is -0.144. The maximum atomic E-state index is 11.2. The Kier molecular flexibility index (Phi) is 4.52. The quantitative estimate of drug-likeness (QED) is 0.720. The highest BCUT2D eigenvalue weighted by atomic mass is 16.5. The molecule has 1 aromatic rings. The van der Waals surface area contributed by atoms with E-state index in [-0.39, 0.29) is 12.5 Å². The van der Waals surface area contributed by atoms with Crippen molar-refractivity contribution >= 4 is 5.97 Å². The molecule has 0 N–H and O–H groups in total. The van der Waals surface area contributed by atoms with Crippen molar-refractivity contribution in [2.24, 2.45) is 5.92 Å². The van der Waals surface area contributed by atoms with Gasteiger partial charge in [-0.25, -0.2) is 0 Å². The SMILES string of the molecule is CCOC(=O)Cn1ccc(C(C)C(C)C)n1. The van der Waals surface area contributed by atoms with Crippen LogP contribution in [0.25, 0.3) is 0 Å². The molecule has 4 heteroatoms. The van der Waals surface area contributed by atoms with Gasteiger partial charge in [-0.3, -0.25) is 9.48 Å². The molecule has 0 aliphatic rings. The first-order valence-electron chi connectivity index (χ1n) is 5.73. The lowest BCUT2D eigenvalue weighted by Crippen LogP contribution is -2.14. The molecule has 0 aliphatic heterocycles. The Morgan fingerprint density at radius 2 is 2.19 bits per heavy atom. The molecule has 0 fully saturated rings. The van der Waals surface area contributed by atoms with Crippen LogP contribution >= 0.6 is 0 Å². The summed E-state index contributed by atoms with van der Waals surface area (Å²) in [6.45, 7) is 8.87. The maximum Gasteiger partial charge on any atom is 0.327 e. The molecule has 16 heavy (non-hydrogen) atoms. The van der Waals surface area contributed by atoms with Crippen LogP contribution in [0.4, 0.5) is 0 Å². The van der Waals surface area contributed by atoms with Crippen LogP contribution in [-0.2, 0) is 16.1 Å². The van der Waals surface area contributed by atoms with Gasteiger partial charge in [-0.15, -0.1) is 0 Å². The molecule has 90 valence electrons. The van der Waals surface area contributed by atoms with Crippen molar-refractivity contribution in [3.8, 4) is 0 Å². The van der Waals surface area contributed by atoms with E-state index in [1.165, 1.54) is 0 Å². The van der Waals surface area contributed by atoms with Crippen molar-refractivity contribution in [1.82, 2.24) is 9.78 Å². The third-order valence-electron chi connectivity index (χ3n) is 2.72. The van der Waals surface area contributed by atoms with Crippen LogP contribution in [-0.4, -0.2) is 22.4 Å². The lowest BCUT2D eigenvalue weighted by Gasteiger charge is -2.12. The molecule has 0 radical (unpaired) electrons. The van der Waals surface area contributed by atoms with Crippen molar-refractivity contribution < 1.29 is 9.53 Å². The summed E-state index contributed by atoms with van der Waals surface area (Å²) in [5, 5.41) is 4.37. The van der Waals surface area contributed by atoms with Gasteiger partial charge in [0.1, 0.15) is 6.54 Å². The topological polar surface area (TPSA) is 44.1 Å². The van der Waals surface area contributed by atoms with Gasteiger partial charge in [-0.05, 0) is 18.9 Å². The summed E-state index contributed by atoms with van der Waals surface area (Å²) in [4.78, 5) is 11.2. The maximum absolute atomic E-state index is 11.2. The average Bonchev–Trinajstić information content (AvgIpc) is 2.65. The van der Waals surface area contributed by atoms with Gasteiger partial charge >= 0.3 is 5.97 Å². The number of hydrogen-bond donors (Lipinski definition) is 0. The molecule has 0 saturated heterocycles. The van der Waals surface area contributed by atoms with E-state index in [2.05, 4.69) is 25.9 Å². The Labute approximate surface area is 96.6 Å². The van der Waals surface area contributed by atoms with E-state index in [0.29, 0.717) is 18.4 Å². The van der Waals surface area contributed by atoms with Crippen molar-refractivity contribution in [2.45, 2.75) is 40.2 Å².